The Morgan fingerprint density at radius 1 is 1.06 bits per heavy atom. The second-order valence-electron chi connectivity index (χ2n) is 9.07. The van der Waals surface area contributed by atoms with Crippen LogP contribution in [0.4, 0.5) is 5.69 Å². The number of esters is 1. The highest BCUT2D eigenvalue weighted by Crippen LogP contribution is 2.31. The summed E-state index contributed by atoms with van der Waals surface area (Å²) in [6.45, 7) is 0.328. The molecule has 4 rings (SSSR count). The summed E-state index contributed by atoms with van der Waals surface area (Å²) < 4.78 is 4.71. The largest absolute Gasteiger partial charge is 0.465 e. The van der Waals surface area contributed by atoms with Crippen molar-refractivity contribution >= 4 is 41.0 Å². The minimum absolute atomic E-state index is 0.0548. The molecule has 2 aliphatic rings. The fourth-order valence-electron chi connectivity index (χ4n) is 4.94. The van der Waals surface area contributed by atoms with Crippen LogP contribution in [0.1, 0.15) is 54.4 Å². The van der Waals surface area contributed by atoms with E-state index >= 15 is 0 Å². The molecule has 1 unspecified atom stereocenters. The summed E-state index contributed by atoms with van der Waals surface area (Å²) in [5.41, 5.74) is 1.66. The van der Waals surface area contributed by atoms with E-state index in [0.717, 1.165) is 42.6 Å². The molecule has 0 aromatic heterocycles. The lowest BCUT2D eigenvalue weighted by Gasteiger charge is -2.32. The van der Waals surface area contributed by atoms with Crippen molar-refractivity contribution in [3.8, 4) is 0 Å². The van der Waals surface area contributed by atoms with Crippen molar-refractivity contribution in [1.82, 2.24) is 4.90 Å². The van der Waals surface area contributed by atoms with Gasteiger partial charge in [0.25, 0.3) is 5.91 Å². The Kier molecular flexibility index (Phi) is 7.86. The van der Waals surface area contributed by atoms with Gasteiger partial charge in [0.05, 0.1) is 24.8 Å². The lowest BCUT2D eigenvalue weighted by Crippen LogP contribution is -2.48. The first-order valence-corrected chi connectivity index (χ1v) is 12.4. The smallest absolute Gasteiger partial charge is 0.337 e. The van der Waals surface area contributed by atoms with Crippen LogP contribution in [0.15, 0.2) is 48.5 Å². The van der Waals surface area contributed by atoms with Crippen molar-refractivity contribution in [3.63, 3.8) is 0 Å². The number of rotatable bonds is 7. The van der Waals surface area contributed by atoms with Crippen LogP contribution >= 0.6 is 11.6 Å². The quantitative estimate of drug-likeness (QED) is 0.419. The molecular weight excluding hydrogens is 468 g/mol. The molecule has 3 amide bonds. The number of benzene rings is 2. The number of imide groups is 1. The number of hydrogen-bond acceptors (Lipinski definition) is 5. The number of anilines is 1. The minimum atomic E-state index is -0.851. The van der Waals surface area contributed by atoms with Crippen molar-refractivity contribution in [2.75, 3.05) is 18.6 Å². The molecule has 35 heavy (non-hydrogen) atoms. The first-order chi connectivity index (χ1) is 16.9. The van der Waals surface area contributed by atoms with Gasteiger partial charge < -0.3 is 9.64 Å². The third kappa shape index (κ3) is 5.56. The molecule has 0 radical (unpaired) electrons. The SMILES string of the molecule is COC(=O)c1ccc(N2C(=O)CC(N(CCc3cccc(Cl)c3)C(=O)C3CCCCC3)C2=O)cc1. The number of ether oxygens (including phenoxy) is 1. The van der Waals surface area contributed by atoms with Gasteiger partial charge in [0.2, 0.25) is 11.8 Å². The average Bonchev–Trinajstić information content (AvgIpc) is 3.17. The highest BCUT2D eigenvalue weighted by atomic mass is 35.5. The monoisotopic (exact) mass is 496 g/mol. The molecule has 0 bridgehead atoms. The molecule has 0 spiro atoms. The van der Waals surface area contributed by atoms with Gasteiger partial charge in [-0.25, -0.2) is 9.69 Å². The van der Waals surface area contributed by atoms with Crippen LogP contribution in [-0.2, 0) is 25.5 Å². The summed E-state index contributed by atoms with van der Waals surface area (Å²) in [7, 11) is 1.29. The maximum absolute atomic E-state index is 13.6. The molecular formula is C27H29ClN2O5. The van der Waals surface area contributed by atoms with Crippen molar-refractivity contribution < 1.29 is 23.9 Å². The van der Waals surface area contributed by atoms with Crippen LogP contribution in [0.3, 0.4) is 0 Å². The summed E-state index contributed by atoms with van der Waals surface area (Å²) in [5.74, 6) is -1.47. The first kappa shape index (κ1) is 24.9. The van der Waals surface area contributed by atoms with Crippen LogP contribution in [0.2, 0.25) is 5.02 Å². The maximum Gasteiger partial charge on any atom is 0.337 e. The number of amides is 3. The van der Waals surface area contributed by atoms with Crippen LogP contribution in [-0.4, -0.2) is 48.3 Å². The van der Waals surface area contributed by atoms with Gasteiger partial charge in [0, 0.05) is 17.5 Å². The molecule has 7 nitrogen and oxygen atoms in total. The van der Waals surface area contributed by atoms with Gasteiger partial charge in [-0.3, -0.25) is 14.4 Å². The van der Waals surface area contributed by atoms with E-state index in [2.05, 4.69) is 0 Å². The van der Waals surface area contributed by atoms with E-state index in [9.17, 15) is 19.2 Å². The second kappa shape index (κ2) is 11.0. The predicted octanol–water partition coefficient (Wildman–Crippen LogP) is 4.41. The Hall–Kier alpha value is -3.19. The number of carbonyl (C=O) groups is 4. The van der Waals surface area contributed by atoms with E-state index in [4.69, 9.17) is 16.3 Å². The van der Waals surface area contributed by atoms with Crippen LogP contribution in [0.25, 0.3) is 0 Å². The standard InChI is InChI=1S/C27H29ClN2O5/c1-35-27(34)20-10-12-22(13-11-20)30-24(31)17-23(26(30)33)29(25(32)19-7-3-2-4-8-19)15-14-18-6-5-9-21(28)16-18/h5-6,9-13,16,19,23H,2-4,7-8,14-15,17H2,1H3. The minimum Gasteiger partial charge on any atom is -0.465 e. The zero-order valence-electron chi connectivity index (χ0n) is 19.7. The summed E-state index contributed by atoms with van der Waals surface area (Å²) in [4.78, 5) is 54.5. The maximum atomic E-state index is 13.6. The van der Waals surface area contributed by atoms with E-state index in [1.807, 2.05) is 18.2 Å². The molecule has 2 aromatic rings. The molecule has 1 atom stereocenters. The molecule has 1 aliphatic carbocycles. The number of methoxy groups -OCH3 is 1. The number of hydrogen-bond donors (Lipinski definition) is 0. The fraction of sp³-hybridized carbons (Fsp3) is 0.407. The first-order valence-electron chi connectivity index (χ1n) is 12.0. The van der Waals surface area contributed by atoms with Gasteiger partial charge in [0.1, 0.15) is 6.04 Å². The van der Waals surface area contributed by atoms with Crippen LogP contribution in [0.5, 0.6) is 0 Å². The van der Waals surface area contributed by atoms with Gasteiger partial charge in [0.15, 0.2) is 0 Å². The van der Waals surface area contributed by atoms with E-state index in [1.165, 1.54) is 19.2 Å². The normalized spacial score (nSPS) is 18.6. The van der Waals surface area contributed by atoms with Gasteiger partial charge in [-0.05, 0) is 61.2 Å². The highest BCUT2D eigenvalue weighted by molar-refractivity contribution is 6.30. The zero-order chi connectivity index (χ0) is 24.9. The summed E-state index contributed by atoms with van der Waals surface area (Å²) in [6, 6.07) is 12.7. The van der Waals surface area contributed by atoms with Crippen molar-refractivity contribution in [1.29, 1.82) is 0 Å². The van der Waals surface area contributed by atoms with E-state index in [0.29, 0.717) is 29.2 Å². The summed E-state index contributed by atoms with van der Waals surface area (Å²) in [5, 5.41) is 0.612. The Morgan fingerprint density at radius 3 is 2.43 bits per heavy atom. The van der Waals surface area contributed by atoms with Crippen molar-refractivity contribution in [2.24, 2.45) is 5.92 Å². The van der Waals surface area contributed by atoms with Gasteiger partial charge in [-0.1, -0.05) is 43.0 Å². The molecule has 0 N–H and O–H groups in total. The highest BCUT2D eigenvalue weighted by Gasteiger charge is 2.45. The molecule has 2 aromatic carbocycles. The van der Waals surface area contributed by atoms with E-state index < -0.39 is 17.9 Å². The molecule has 2 fully saturated rings. The zero-order valence-corrected chi connectivity index (χ0v) is 20.5. The third-order valence-electron chi connectivity index (χ3n) is 6.81. The number of carbonyl (C=O) groups excluding carboxylic acids is 4. The van der Waals surface area contributed by atoms with Crippen LogP contribution < -0.4 is 4.90 Å². The molecule has 8 heteroatoms. The van der Waals surface area contributed by atoms with Gasteiger partial charge >= 0.3 is 5.97 Å². The third-order valence-corrected chi connectivity index (χ3v) is 7.05. The predicted molar refractivity (Wildman–Crippen MR) is 132 cm³/mol. The number of nitrogens with zero attached hydrogens (tertiary/aromatic N) is 2. The van der Waals surface area contributed by atoms with Gasteiger partial charge in [-0.15, -0.1) is 0 Å². The topological polar surface area (TPSA) is 84.0 Å². The lowest BCUT2D eigenvalue weighted by atomic mass is 9.87. The molecule has 1 heterocycles. The molecule has 1 aliphatic heterocycles. The fourth-order valence-corrected chi connectivity index (χ4v) is 5.15. The second-order valence-corrected chi connectivity index (χ2v) is 9.51. The molecule has 1 saturated carbocycles. The summed E-state index contributed by atoms with van der Waals surface area (Å²) >= 11 is 6.13. The Balaban J connectivity index is 1.57. The van der Waals surface area contributed by atoms with E-state index in [1.54, 1.807) is 23.1 Å². The van der Waals surface area contributed by atoms with Crippen molar-refractivity contribution in [2.45, 2.75) is 51.0 Å². The Bertz CT molecular complexity index is 1110. The van der Waals surface area contributed by atoms with Crippen molar-refractivity contribution in [3.05, 3.63) is 64.7 Å². The molecule has 1 saturated heterocycles. The Labute approximate surface area is 210 Å². The van der Waals surface area contributed by atoms with E-state index in [-0.39, 0.29) is 24.2 Å². The summed E-state index contributed by atoms with van der Waals surface area (Å²) in [6.07, 6.45) is 5.18. The van der Waals surface area contributed by atoms with Crippen LogP contribution in [0, 0.1) is 5.92 Å². The molecule has 184 valence electrons. The Morgan fingerprint density at radius 2 is 1.77 bits per heavy atom. The number of halogens is 1. The average molecular weight is 497 g/mol. The van der Waals surface area contributed by atoms with Gasteiger partial charge in [-0.2, -0.15) is 0 Å². The lowest BCUT2D eigenvalue weighted by molar-refractivity contribution is -0.142.